The van der Waals surface area contributed by atoms with Gasteiger partial charge >= 0.3 is 0 Å². The molecule has 1 aliphatic rings. The van der Waals surface area contributed by atoms with Gasteiger partial charge in [0.25, 0.3) is 0 Å². The van der Waals surface area contributed by atoms with E-state index in [4.69, 9.17) is 0 Å². The summed E-state index contributed by atoms with van der Waals surface area (Å²) >= 11 is 1.55. The number of nitrogens with zero attached hydrogens (tertiary/aromatic N) is 4. The van der Waals surface area contributed by atoms with Crippen molar-refractivity contribution in [2.45, 2.75) is 18.6 Å². The lowest BCUT2D eigenvalue weighted by molar-refractivity contribution is -0.129. The van der Waals surface area contributed by atoms with Crippen molar-refractivity contribution in [1.29, 1.82) is 0 Å². The van der Waals surface area contributed by atoms with Gasteiger partial charge in [-0.2, -0.15) is 0 Å². The largest absolute Gasteiger partial charge is 0.339 e. The van der Waals surface area contributed by atoms with E-state index in [0.717, 1.165) is 48.9 Å². The molecule has 22 heavy (non-hydrogen) atoms. The summed E-state index contributed by atoms with van der Waals surface area (Å²) in [7, 11) is 2.10. The number of carbonyl (C=O) groups excluding carboxylic acids is 1. The standard InChI is InChI=1S/C16H22N4OS/c1-3-20-14-7-5-4-6-13(14)17-16(20)22-12-15(21)19-10-8-18(2)9-11-19/h4-7H,3,8-12H2,1-2H3. The van der Waals surface area contributed by atoms with E-state index in [1.54, 1.807) is 11.8 Å². The topological polar surface area (TPSA) is 41.4 Å². The summed E-state index contributed by atoms with van der Waals surface area (Å²) in [5.41, 5.74) is 2.14. The van der Waals surface area contributed by atoms with Gasteiger partial charge in [-0.05, 0) is 26.1 Å². The SMILES string of the molecule is CCn1c(SCC(=O)N2CCN(C)CC2)nc2ccccc21. The summed E-state index contributed by atoms with van der Waals surface area (Å²) in [5, 5.41) is 0.936. The number of hydrogen-bond acceptors (Lipinski definition) is 4. The first-order valence-electron chi connectivity index (χ1n) is 7.73. The summed E-state index contributed by atoms with van der Waals surface area (Å²) in [6.45, 7) is 6.57. The second-order valence-corrected chi connectivity index (χ2v) is 6.54. The second kappa shape index (κ2) is 6.71. The first-order valence-corrected chi connectivity index (χ1v) is 8.72. The summed E-state index contributed by atoms with van der Waals surface area (Å²) in [6, 6.07) is 8.13. The predicted octanol–water partition coefficient (Wildman–Crippen LogP) is 1.92. The van der Waals surface area contributed by atoms with Crippen molar-refractivity contribution in [3.63, 3.8) is 0 Å². The summed E-state index contributed by atoms with van der Waals surface area (Å²) < 4.78 is 2.18. The number of likely N-dealkylation sites (N-methyl/N-ethyl adjacent to an activating group) is 1. The Kier molecular flexibility index (Phi) is 4.69. The minimum atomic E-state index is 0.216. The maximum Gasteiger partial charge on any atom is 0.233 e. The molecule has 118 valence electrons. The molecule has 1 saturated heterocycles. The van der Waals surface area contributed by atoms with Gasteiger partial charge in [0.1, 0.15) is 0 Å². The molecule has 3 rings (SSSR count). The number of aromatic nitrogens is 2. The Morgan fingerprint density at radius 2 is 1.95 bits per heavy atom. The molecule has 0 unspecified atom stereocenters. The Morgan fingerprint density at radius 1 is 1.23 bits per heavy atom. The molecule has 0 bridgehead atoms. The summed E-state index contributed by atoms with van der Waals surface area (Å²) in [6.07, 6.45) is 0. The highest BCUT2D eigenvalue weighted by molar-refractivity contribution is 7.99. The molecule has 1 amide bonds. The van der Waals surface area contributed by atoms with Gasteiger partial charge in [0, 0.05) is 32.7 Å². The van der Waals surface area contributed by atoms with Gasteiger partial charge in [-0.25, -0.2) is 4.98 Å². The van der Waals surface area contributed by atoms with E-state index in [1.165, 1.54) is 0 Å². The quantitative estimate of drug-likeness (QED) is 0.808. The lowest BCUT2D eigenvalue weighted by atomic mass is 10.3. The lowest BCUT2D eigenvalue weighted by Crippen LogP contribution is -2.47. The van der Waals surface area contributed by atoms with Crippen LogP contribution in [0.4, 0.5) is 0 Å². The van der Waals surface area contributed by atoms with Crippen molar-refractivity contribution >= 4 is 28.7 Å². The molecule has 5 nitrogen and oxygen atoms in total. The van der Waals surface area contributed by atoms with Crippen LogP contribution in [0.3, 0.4) is 0 Å². The van der Waals surface area contributed by atoms with E-state index >= 15 is 0 Å². The third kappa shape index (κ3) is 3.13. The number of amides is 1. The molecule has 1 aliphatic heterocycles. The number of thioether (sulfide) groups is 1. The zero-order valence-electron chi connectivity index (χ0n) is 13.2. The number of piperazine rings is 1. The molecule has 2 aromatic rings. The molecule has 0 atom stereocenters. The highest BCUT2D eigenvalue weighted by Crippen LogP contribution is 2.24. The van der Waals surface area contributed by atoms with Crippen LogP contribution in [0.15, 0.2) is 29.4 Å². The molecule has 1 aromatic carbocycles. The number of para-hydroxylation sites is 2. The number of hydrogen-bond donors (Lipinski definition) is 0. The normalized spacial score (nSPS) is 16.4. The van der Waals surface area contributed by atoms with E-state index in [9.17, 15) is 4.79 Å². The third-order valence-corrected chi connectivity index (χ3v) is 5.08. The van der Waals surface area contributed by atoms with E-state index < -0.39 is 0 Å². The van der Waals surface area contributed by atoms with Crippen LogP contribution in [0, 0.1) is 0 Å². The molecule has 1 aromatic heterocycles. The smallest absolute Gasteiger partial charge is 0.233 e. The molecule has 0 saturated carbocycles. The van der Waals surface area contributed by atoms with Crippen LogP contribution in [-0.2, 0) is 11.3 Å². The van der Waals surface area contributed by atoms with E-state index in [-0.39, 0.29) is 5.91 Å². The van der Waals surface area contributed by atoms with Crippen LogP contribution in [0.5, 0.6) is 0 Å². The molecular weight excluding hydrogens is 296 g/mol. The van der Waals surface area contributed by atoms with E-state index in [2.05, 4.69) is 34.5 Å². The van der Waals surface area contributed by atoms with Gasteiger partial charge < -0.3 is 14.4 Å². The molecular formula is C16H22N4OS. The van der Waals surface area contributed by atoms with Gasteiger partial charge in [-0.1, -0.05) is 23.9 Å². The molecule has 0 aliphatic carbocycles. The van der Waals surface area contributed by atoms with Crippen LogP contribution in [0.2, 0.25) is 0 Å². The van der Waals surface area contributed by atoms with Gasteiger partial charge in [0.05, 0.1) is 16.8 Å². The molecule has 1 fully saturated rings. The van der Waals surface area contributed by atoms with Crippen LogP contribution in [-0.4, -0.2) is 64.2 Å². The Labute approximate surface area is 135 Å². The van der Waals surface area contributed by atoms with E-state index in [1.807, 2.05) is 23.1 Å². The zero-order chi connectivity index (χ0) is 15.5. The fourth-order valence-electron chi connectivity index (χ4n) is 2.74. The first-order chi connectivity index (χ1) is 10.7. The average Bonchev–Trinajstić information content (AvgIpc) is 2.90. The summed E-state index contributed by atoms with van der Waals surface area (Å²) in [4.78, 5) is 21.2. The van der Waals surface area contributed by atoms with Gasteiger partial charge in [-0.3, -0.25) is 4.79 Å². The number of carbonyl (C=O) groups is 1. The van der Waals surface area contributed by atoms with Crippen molar-refractivity contribution in [2.24, 2.45) is 0 Å². The van der Waals surface area contributed by atoms with Gasteiger partial charge in [-0.15, -0.1) is 0 Å². The highest BCUT2D eigenvalue weighted by Gasteiger charge is 2.20. The Hall–Kier alpha value is -1.53. The zero-order valence-corrected chi connectivity index (χ0v) is 14.0. The lowest BCUT2D eigenvalue weighted by Gasteiger charge is -2.32. The summed E-state index contributed by atoms with van der Waals surface area (Å²) in [5.74, 6) is 0.681. The van der Waals surface area contributed by atoms with Crippen molar-refractivity contribution < 1.29 is 4.79 Å². The number of fused-ring (bicyclic) bond motifs is 1. The highest BCUT2D eigenvalue weighted by atomic mass is 32.2. The predicted molar refractivity (Wildman–Crippen MR) is 90.2 cm³/mol. The monoisotopic (exact) mass is 318 g/mol. The Bertz CT molecular complexity index is 661. The maximum absolute atomic E-state index is 12.3. The van der Waals surface area contributed by atoms with Crippen molar-refractivity contribution in [3.05, 3.63) is 24.3 Å². The first kappa shape index (κ1) is 15.4. The number of aryl methyl sites for hydroxylation is 1. The third-order valence-electron chi connectivity index (χ3n) is 4.12. The number of imidazole rings is 1. The molecule has 6 heteroatoms. The number of benzene rings is 1. The Balaban J connectivity index is 1.67. The molecule has 0 radical (unpaired) electrons. The van der Waals surface area contributed by atoms with Crippen molar-refractivity contribution in [2.75, 3.05) is 39.0 Å². The fraction of sp³-hybridized carbons (Fsp3) is 0.500. The minimum absolute atomic E-state index is 0.216. The van der Waals surface area contributed by atoms with Crippen LogP contribution in [0.1, 0.15) is 6.92 Å². The van der Waals surface area contributed by atoms with Crippen molar-refractivity contribution in [3.8, 4) is 0 Å². The molecule has 0 spiro atoms. The average molecular weight is 318 g/mol. The van der Waals surface area contributed by atoms with Gasteiger partial charge in [0.15, 0.2) is 5.16 Å². The van der Waals surface area contributed by atoms with E-state index in [0.29, 0.717) is 5.75 Å². The fourth-order valence-corrected chi connectivity index (χ4v) is 3.72. The minimum Gasteiger partial charge on any atom is -0.339 e. The van der Waals surface area contributed by atoms with Crippen LogP contribution >= 0.6 is 11.8 Å². The second-order valence-electron chi connectivity index (χ2n) is 5.60. The van der Waals surface area contributed by atoms with Gasteiger partial charge in [0.2, 0.25) is 5.91 Å². The van der Waals surface area contributed by atoms with Crippen molar-refractivity contribution in [1.82, 2.24) is 19.4 Å². The maximum atomic E-state index is 12.3. The molecule has 2 heterocycles. The van der Waals surface area contributed by atoms with Crippen LogP contribution in [0.25, 0.3) is 11.0 Å². The number of rotatable bonds is 4. The Morgan fingerprint density at radius 3 is 2.68 bits per heavy atom. The van der Waals surface area contributed by atoms with Crippen LogP contribution < -0.4 is 0 Å². The molecule has 0 N–H and O–H groups in total.